The molecular weight excluding hydrogens is 91.0 g/mol. The number of hydrogen-bond donors (Lipinski definition) is 2. The van der Waals surface area contributed by atoms with Gasteiger partial charge < -0.3 is 11.6 Å². The molecule has 36 valence electrons. The van der Waals surface area contributed by atoms with Crippen LogP contribution in [0.2, 0.25) is 0 Å². The minimum Gasteiger partial charge on any atom is -1.00 e. The third-order valence-corrected chi connectivity index (χ3v) is 0.217. The maximum absolute atomic E-state index is 9.35. The summed E-state index contributed by atoms with van der Waals surface area (Å²) in [6.45, 7) is 0. The SMILES string of the molecule is O=C(O)C=CO.[H-].[Li+]. The summed E-state index contributed by atoms with van der Waals surface area (Å²) in [5.41, 5.74) is 0. The van der Waals surface area contributed by atoms with E-state index in [0.717, 1.165) is 0 Å². The summed E-state index contributed by atoms with van der Waals surface area (Å²) in [7, 11) is 0. The van der Waals surface area contributed by atoms with Crippen molar-refractivity contribution in [2.75, 3.05) is 0 Å². The summed E-state index contributed by atoms with van der Waals surface area (Å²) in [5, 5.41) is 15.3. The fraction of sp³-hybridized carbons (Fsp3) is 0. The Morgan fingerprint density at radius 3 is 2.14 bits per heavy atom. The van der Waals surface area contributed by atoms with Crippen molar-refractivity contribution in [3.05, 3.63) is 12.3 Å². The number of rotatable bonds is 1. The Balaban J connectivity index is -0.000000125. The second-order valence-corrected chi connectivity index (χ2v) is 0.654. The van der Waals surface area contributed by atoms with Gasteiger partial charge in [0.25, 0.3) is 0 Å². The van der Waals surface area contributed by atoms with Crippen LogP contribution < -0.4 is 18.9 Å². The summed E-state index contributed by atoms with van der Waals surface area (Å²) in [6.07, 6.45) is 1.11. The van der Waals surface area contributed by atoms with Crippen molar-refractivity contribution in [1.82, 2.24) is 0 Å². The number of hydrogen-bond acceptors (Lipinski definition) is 2. The van der Waals surface area contributed by atoms with Crippen molar-refractivity contribution in [3.63, 3.8) is 0 Å². The van der Waals surface area contributed by atoms with Crippen molar-refractivity contribution in [1.29, 1.82) is 0 Å². The van der Waals surface area contributed by atoms with Crippen molar-refractivity contribution >= 4 is 5.97 Å². The van der Waals surface area contributed by atoms with Gasteiger partial charge in [0, 0.05) is 0 Å². The molecule has 0 aromatic rings. The smallest absolute Gasteiger partial charge is 1.00 e. The summed E-state index contributed by atoms with van der Waals surface area (Å²) in [5.74, 6) is -1.14. The molecule has 0 aromatic heterocycles. The molecule has 0 bridgehead atoms. The van der Waals surface area contributed by atoms with Crippen LogP contribution in [0.3, 0.4) is 0 Å². The first-order valence-corrected chi connectivity index (χ1v) is 1.31. The van der Waals surface area contributed by atoms with Gasteiger partial charge in [-0.1, -0.05) is 0 Å². The molecule has 0 aliphatic heterocycles. The zero-order valence-corrected chi connectivity index (χ0v) is 3.96. The van der Waals surface area contributed by atoms with Crippen LogP contribution in [0.5, 0.6) is 0 Å². The molecule has 0 amide bonds. The minimum absolute atomic E-state index is 0. The molecule has 0 atom stereocenters. The van der Waals surface area contributed by atoms with Gasteiger partial charge in [0.05, 0.1) is 12.3 Å². The predicted octanol–water partition coefficient (Wildman–Crippen LogP) is -2.74. The third kappa shape index (κ3) is 10.7. The molecule has 0 fully saturated rings. The minimum atomic E-state index is -1.14. The quantitative estimate of drug-likeness (QED) is 0.211. The van der Waals surface area contributed by atoms with Gasteiger partial charge in [-0.25, -0.2) is 4.79 Å². The molecular formula is C3H5LiO3. The fourth-order valence-corrected chi connectivity index (χ4v) is 0.0638. The number of aliphatic hydroxyl groups excluding tert-OH is 1. The molecule has 2 N–H and O–H groups in total. The molecule has 0 aromatic carbocycles. The van der Waals surface area contributed by atoms with E-state index in [-0.39, 0.29) is 20.3 Å². The van der Waals surface area contributed by atoms with Gasteiger partial charge in [0.1, 0.15) is 0 Å². The Morgan fingerprint density at radius 1 is 1.71 bits per heavy atom. The van der Waals surface area contributed by atoms with E-state index in [4.69, 9.17) is 10.2 Å². The summed E-state index contributed by atoms with van der Waals surface area (Å²) < 4.78 is 0. The monoisotopic (exact) mass is 96.0 g/mol. The Labute approximate surface area is 54.3 Å². The molecule has 7 heavy (non-hydrogen) atoms. The summed E-state index contributed by atoms with van der Waals surface area (Å²) >= 11 is 0. The van der Waals surface area contributed by atoms with Crippen molar-refractivity contribution in [2.45, 2.75) is 0 Å². The van der Waals surface area contributed by atoms with E-state index in [1.54, 1.807) is 0 Å². The fourth-order valence-electron chi connectivity index (χ4n) is 0.0638. The number of carbonyl (C=O) groups is 1. The van der Waals surface area contributed by atoms with Crippen LogP contribution in [-0.4, -0.2) is 16.2 Å². The molecule has 0 heterocycles. The largest absolute Gasteiger partial charge is 1.00 e. The maximum Gasteiger partial charge on any atom is 1.00 e. The maximum atomic E-state index is 9.35. The zero-order chi connectivity index (χ0) is 4.99. The topological polar surface area (TPSA) is 57.5 Å². The van der Waals surface area contributed by atoms with Gasteiger partial charge in [0.2, 0.25) is 0 Å². The van der Waals surface area contributed by atoms with Crippen LogP contribution >= 0.6 is 0 Å². The van der Waals surface area contributed by atoms with E-state index < -0.39 is 5.97 Å². The first kappa shape index (κ1) is 9.79. The molecule has 0 aliphatic rings. The number of aliphatic hydroxyl groups is 1. The Morgan fingerprint density at radius 2 is 2.14 bits per heavy atom. The van der Waals surface area contributed by atoms with Crippen LogP contribution in [0.15, 0.2) is 12.3 Å². The van der Waals surface area contributed by atoms with Crippen molar-refractivity contribution in [2.24, 2.45) is 0 Å². The van der Waals surface area contributed by atoms with Gasteiger partial charge in [0.15, 0.2) is 0 Å². The molecule has 0 saturated heterocycles. The number of carboxylic acid groups (broad SMARTS) is 1. The van der Waals surface area contributed by atoms with E-state index in [1.165, 1.54) is 0 Å². The second-order valence-electron chi connectivity index (χ2n) is 0.654. The Bertz CT molecular complexity index is 82.6. The van der Waals surface area contributed by atoms with E-state index in [9.17, 15) is 4.79 Å². The van der Waals surface area contributed by atoms with E-state index >= 15 is 0 Å². The molecule has 0 spiro atoms. The average molecular weight is 96.0 g/mol. The normalized spacial score (nSPS) is 8.00. The zero-order valence-electron chi connectivity index (χ0n) is 4.96. The third-order valence-electron chi connectivity index (χ3n) is 0.217. The van der Waals surface area contributed by atoms with Gasteiger partial charge >= 0.3 is 24.8 Å². The average Bonchev–Trinajstić information content (AvgIpc) is 1.35. The van der Waals surface area contributed by atoms with Gasteiger partial charge in [-0.15, -0.1) is 0 Å². The van der Waals surface area contributed by atoms with E-state index in [0.29, 0.717) is 12.3 Å². The first-order valence-electron chi connectivity index (χ1n) is 1.31. The second kappa shape index (κ2) is 5.61. The van der Waals surface area contributed by atoms with Crippen LogP contribution in [0.25, 0.3) is 0 Å². The summed E-state index contributed by atoms with van der Waals surface area (Å²) in [6, 6.07) is 0. The van der Waals surface area contributed by atoms with Crippen LogP contribution in [0.1, 0.15) is 1.43 Å². The van der Waals surface area contributed by atoms with Crippen LogP contribution in [0, 0.1) is 0 Å². The number of carboxylic acids is 1. The van der Waals surface area contributed by atoms with Gasteiger partial charge in [-0.2, -0.15) is 0 Å². The molecule has 0 rings (SSSR count). The van der Waals surface area contributed by atoms with Crippen LogP contribution in [0.4, 0.5) is 0 Å². The summed E-state index contributed by atoms with van der Waals surface area (Å²) in [4.78, 5) is 9.35. The van der Waals surface area contributed by atoms with Crippen molar-refractivity contribution < 1.29 is 35.3 Å². The van der Waals surface area contributed by atoms with Crippen LogP contribution in [-0.2, 0) is 4.79 Å². The van der Waals surface area contributed by atoms with Gasteiger partial charge in [-0.05, 0) is 0 Å². The van der Waals surface area contributed by atoms with Crippen molar-refractivity contribution in [3.8, 4) is 0 Å². The molecule has 0 unspecified atom stereocenters. The first-order chi connectivity index (χ1) is 2.77. The van der Waals surface area contributed by atoms with Gasteiger partial charge in [-0.3, -0.25) is 0 Å². The molecule has 0 radical (unpaired) electrons. The molecule has 4 heteroatoms. The van der Waals surface area contributed by atoms with E-state index in [1.807, 2.05) is 0 Å². The molecule has 0 saturated carbocycles. The number of aliphatic carboxylic acids is 1. The Hall–Kier alpha value is -0.393. The van der Waals surface area contributed by atoms with E-state index in [2.05, 4.69) is 0 Å². The molecule has 0 aliphatic carbocycles. The standard InChI is InChI=1S/C3H4O3.Li.H/c4-2-1-3(5)6;;/h1-2,4H,(H,5,6);;/q;+1;-1. The predicted molar refractivity (Wildman–Crippen MR) is 20.5 cm³/mol. The Kier molecular flexibility index (Phi) is 7.84. The molecule has 3 nitrogen and oxygen atoms in total.